The van der Waals surface area contributed by atoms with Crippen molar-refractivity contribution in [1.29, 1.82) is 0 Å². The lowest BCUT2D eigenvalue weighted by Crippen LogP contribution is -2.39. The Morgan fingerprint density at radius 2 is 2.08 bits per heavy atom. The van der Waals surface area contributed by atoms with E-state index in [9.17, 15) is 4.79 Å². The lowest BCUT2D eigenvalue weighted by Gasteiger charge is -2.31. The van der Waals surface area contributed by atoms with E-state index >= 15 is 0 Å². The molecule has 1 amide bonds. The first kappa shape index (κ1) is 16.3. The average molecular weight is 344 g/mol. The van der Waals surface area contributed by atoms with Crippen LogP contribution >= 0.6 is 0 Å². The molecule has 2 saturated heterocycles. The normalized spacial score (nSPS) is 21.8. The molecule has 0 spiro atoms. The molecule has 2 aromatic rings. The Balaban J connectivity index is 1.46. The molecule has 2 aliphatic rings. The van der Waals surface area contributed by atoms with Crippen LogP contribution in [0.2, 0.25) is 0 Å². The number of nitrogens with zero attached hydrogens (tertiary/aromatic N) is 6. The number of hydrogen-bond acceptors (Lipinski definition) is 6. The minimum atomic E-state index is -0.0714. The highest BCUT2D eigenvalue weighted by Crippen LogP contribution is 2.27. The highest BCUT2D eigenvalue weighted by molar-refractivity contribution is 5.92. The van der Waals surface area contributed by atoms with Crippen molar-refractivity contribution in [2.45, 2.75) is 38.1 Å². The molecule has 1 atom stereocenters. The van der Waals surface area contributed by atoms with Crippen LogP contribution in [-0.4, -0.2) is 61.6 Å². The van der Waals surface area contributed by atoms with Gasteiger partial charge in [0, 0.05) is 26.1 Å². The molecule has 2 fully saturated rings. The van der Waals surface area contributed by atoms with E-state index in [1.54, 1.807) is 0 Å². The van der Waals surface area contributed by atoms with E-state index in [0.29, 0.717) is 12.2 Å². The largest absolute Gasteiger partial charge is 0.451 e. The maximum absolute atomic E-state index is 12.5. The fourth-order valence-corrected chi connectivity index (χ4v) is 3.86. The third kappa shape index (κ3) is 3.30. The number of carbonyl (C=O) groups is 1. The zero-order valence-electron chi connectivity index (χ0n) is 14.6. The second-order valence-corrected chi connectivity index (χ2v) is 6.98. The van der Waals surface area contributed by atoms with E-state index in [0.717, 1.165) is 50.7 Å². The summed E-state index contributed by atoms with van der Waals surface area (Å²) in [5, 5.41) is 8.87. The first-order valence-corrected chi connectivity index (χ1v) is 9.00. The molecule has 0 aliphatic carbocycles. The molecule has 8 heteroatoms. The first-order chi connectivity index (χ1) is 12.2. The van der Waals surface area contributed by atoms with Gasteiger partial charge in [-0.05, 0) is 38.8 Å². The zero-order valence-corrected chi connectivity index (χ0v) is 14.6. The molecule has 0 aromatic carbocycles. The van der Waals surface area contributed by atoms with Gasteiger partial charge >= 0.3 is 0 Å². The van der Waals surface area contributed by atoms with Crippen molar-refractivity contribution in [3.63, 3.8) is 0 Å². The molecular weight excluding hydrogens is 320 g/mol. The monoisotopic (exact) mass is 344 g/mol. The molecule has 0 bridgehead atoms. The van der Waals surface area contributed by atoms with Crippen molar-refractivity contribution < 1.29 is 9.21 Å². The van der Waals surface area contributed by atoms with Gasteiger partial charge in [-0.3, -0.25) is 9.69 Å². The van der Waals surface area contributed by atoms with Gasteiger partial charge in [0.2, 0.25) is 0 Å². The molecule has 2 aromatic heterocycles. The van der Waals surface area contributed by atoms with Gasteiger partial charge in [0.05, 0.1) is 6.54 Å². The molecule has 4 rings (SSSR count). The predicted octanol–water partition coefficient (Wildman–Crippen LogP) is 1.42. The summed E-state index contributed by atoms with van der Waals surface area (Å²) in [6.45, 7) is 4.55. The quantitative estimate of drug-likeness (QED) is 0.834. The molecule has 0 N–H and O–H groups in total. The Bertz CT molecular complexity index is 720. The van der Waals surface area contributed by atoms with Gasteiger partial charge in [-0.15, -0.1) is 10.2 Å². The van der Waals surface area contributed by atoms with Crippen molar-refractivity contribution >= 4 is 5.91 Å². The Hall–Kier alpha value is -2.22. The highest BCUT2D eigenvalue weighted by atomic mass is 16.3. The lowest BCUT2D eigenvalue weighted by atomic mass is 9.97. The standard InChI is InChI=1S/C17H24N6O2/c1-21-15(10-22-6-2-3-7-22)19-20-16(21)13-5-4-8-23(9-13)17(24)14-11-25-12-18-14/h11-13H,2-10H2,1H3/t13-/m0/s1. The number of amides is 1. The van der Waals surface area contributed by atoms with Crippen LogP contribution in [0.3, 0.4) is 0 Å². The third-order valence-corrected chi connectivity index (χ3v) is 5.29. The van der Waals surface area contributed by atoms with Crippen molar-refractivity contribution in [2.75, 3.05) is 26.2 Å². The summed E-state index contributed by atoms with van der Waals surface area (Å²) in [6.07, 6.45) is 7.23. The van der Waals surface area contributed by atoms with Crippen LogP contribution in [0.25, 0.3) is 0 Å². The van der Waals surface area contributed by atoms with E-state index in [4.69, 9.17) is 4.42 Å². The van der Waals surface area contributed by atoms with Crippen LogP contribution in [0.5, 0.6) is 0 Å². The predicted molar refractivity (Wildman–Crippen MR) is 89.9 cm³/mol. The molecule has 8 nitrogen and oxygen atoms in total. The molecule has 0 saturated carbocycles. The Labute approximate surface area is 146 Å². The summed E-state index contributed by atoms with van der Waals surface area (Å²) in [5.41, 5.74) is 0.369. The fraction of sp³-hybridized carbons (Fsp3) is 0.647. The fourth-order valence-electron chi connectivity index (χ4n) is 3.86. The number of oxazole rings is 1. The van der Waals surface area contributed by atoms with Crippen LogP contribution in [-0.2, 0) is 13.6 Å². The molecule has 134 valence electrons. The number of likely N-dealkylation sites (tertiary alicyclic amines) is 2. The lowest BCUT2D eigenvalue weighted by molar-refractivity contribution is 0.0697. The first-order valence-electron chi connectivity index (χ1n) is 9.00. The minimum absolute atomic E-state index is 0.0714. The molecule has 0 unspecified atom stereocenters. The van der Waals surface area contributed by atoms with Gasteiger partial charge in [-0.25, -0.2) is 4.98 Å². The zero-order chi connectivity index (χ0) is 17.2. The summed E-state index contributed by atoms with van der Waals surface area (Å²) < 4.78 is 7.05. The van der Waals surface area contributed by atoms with Gasteiger partial charge in [-0.1, -0.05) is 0 Å². The Morgan fingerprint density at radius 3 is 2.84 bits per heavy atom. The number of aromatic nitrogens is 4. The molecule has 0 radical (unpaired) electrons. The van der Waals surface area contributed by atoms with Crippen molar-refractivity contribution in [3.05, 3.63) is 30.0 Å². The van der Waals surface area contributed by atoms with Gasteiger partial charge in [0.25, 0.3) is 5.91 Å². The van der Waals surface area contributed by atoms with E-state index in [-0.39, 0.29) is 11.8 Å². The third-order valence-electron chi connectivity index (χ3n) is 5.29. The van der Waals surface area contributed by atoms with Gasteiger partial charge in [-0.2, -0.15) is 0 Å². The summed E-state index contributed by atoms with van der Waals surface area (Å²) in [4.78, 5) is 20.8. The van der Waals surface area contributed by atoms with Crippen LogP contribution in [0.15, 0.2) is 17.1 Å². The van der Waals surface area contributed by atoms with E-state index in [1.807, 2.05) is 11.9 Å². The smallest absolute Gasteiger partial charge is 0.275 e. The minimum Gasteiger partial charge on any atom is -0.451 e. The molecule has 4 heterocycles. The van der Waals surface area contributed by atoms with E-state index in [1.165, 1.54) is 25.5 Å². The average Bonchev–Trinajstić information content (AvgIpc) is 3.38. The van der Waals surface area contributed by atoms with Gasteiger partial charge in [0.15, 0.2) is 12.1 Å². The number of rotatable bonds is 4. The van der Waals surface area contributed by atoms with Crippen LogP contribution in [0, 0.1) is 0 Å². The van der Waals surface area contributed by atoms with Gasteiger partial charge < -0.3 is 13.9 Å². The van der Waals surface area contributed by atoms with Crippen molar-refractivity contribution in [1.82, 2.24) is 29.5 Å². The number of piperidine rings is 1. The van der Waals surface area contributed by atoms with Crippen molar-refractivity contribution in [3.8, 4) is 0 Å². The molecule has 25 heavy (non-hydrogen) atoms. The SMILES string of the molecule is Cn1c(CN2CCCC2)nnc1[C@H]1CCCN(C(=O)c2cocn2)C1. The molecular formula is C17H24N6O2. The van der Waals surface area contributed by atoms with Gasteiger partial charge in [0.1, 0.15) is 17.9 Å². The summed E-state index contributed by atoms with van der Waals surface area (Å²) in [7, 11) is 2.04. The maximum Gasteiger partial charge on any atom is 0.275 e. The number of hydrogen-bond donors (Lipinski definition) is 0. The summed E-state index contributed by atoms with van der Waals surface area (Å²) in [6, 6.07) is 0. The summed E-state index contributed by atoms with van der Waals surface area (Å²) in [5.74, 6) is 2.14. The highest BCUT2D eigenvalue weighted by Gasteiger charge is 2.30. The number of carbonyl (C=O) groups excluding carboxylic acids is 1. The second kappa shape index (κ2) is 6.95. The Morgan fingerprint density at radius 1 is 1.24 bits per heavy atom. The van der Waals surface area contributed by atoms with Crippen LogP contribution < -0.4 is 0 Å². The second-order valence-electron chi connectivity index (χ2n) is 6.98. The van der Waals surface area contributed by atoms with Crippen LogP contribution in [0.4, 0.5) is 0 Å². The summed E-state index contributed by atoms with van der Waals surface area (Å²) >= 11 is 0. The van der Waals surface area contributed by atoms with Crippen LogP contribution in [0.1, 0.15) is 53.7 Å². The van der Waals surface area contributed by atoms with Crippen molar-refractivity contribution in [2.24, 2.45) is 7.05 Å². The topological polar surface area (TPSA) is 80.3 Å². The van der Waals surface area contributed by atoms with E-state index < -0.39 is 0 Å². The Kier molecular flexibility index (Phi) is 4.52. The van der Waals surface area contributed by atoms with E-state index in [2.05, 4.69) is 24.6 Å². The maximum atomic E-state index is 12.5. The molecule has 2 aliphatic heterocycles.